The zero-order valence-corrected chi connectivity index (χ0v) is 13.7. The molecule has 1 aliphatic rings. The van der Waals surface area contributed by atoms with Crippen LogP contribution in [-0.2, 0) is 11.3 Å². The number of pyridine rings is 1. The van der Waals surface area contributed by atoms with E-state index in [0.717, 1.165) is 12.8 Å². The van der Waals surface area contributed by atoms with Crippen LogP contribution in [0.2, 0.25) is 0 Å². The van der Waals surface area contributed by atoms with Crippen molar-refractivity contribution in [1.29, 1.82) is 0 Å². The zero-order valence-electron chi connectivity index (χ0n) is 13.7. The number of hydrogen-bond donors (Lipinski definition) is 3. The second-order valence-electron chi connectivity index (χ2n) is 6.06. The van der Waals surface area contributed by atoms with E-state index >= 15 is 0 Å². The number of nitrogens with one attached hydrogen (secondary N) is 2. The predicted octanol–water partition coefficient (Wildman–Crippen LogP) is 3.31. The third-order valence-electron chi connectivity index (χ3n) is 4.20. The summed E-state index contributed by atoms with van der Waals surface area (Å²) in [7, 11) is 0. The number of amides is 2. The van der Waals surface area contributed by atoms with Gasteiger partial charge in [0.1, 0.15) is 11.6 Å². The maximum Gasteiger partial charge on any atom is 0.404 e. The van der Waals surface area contributed by atoms with Crippen LogP contribution >= 0.6 is 0 Å². The minimum absolute atomic E-state index is 0.0391. The van der Waals surface area contributed by atoms with E-state index in [4.69, 9.17) is 5.11 Å². The van der Waals surface area contributed by atoms with Crippen molar-refractivity contribution in [3.63, 3.8) is 0 Å². The average Bonchev–Trinajstić information content (AvgIpc) is 3.41. The van der Waals surface area contributed by atoms with Crippen LogP contribution in [0.4, 0.5) is 15.0 Å². The highest BCUT2D eigenvalue weighted by Crippen LogP contribution is 2.31. The lowest BCUT2D eigenvalue weighted by Crippen LogP contribution is -2.20. The lowest BCUT2D eigenvalue weighted by molar-refractivity contribution is -0.117. The summed E-state index contributed by atoms with van der Waals surface area (Å²) < 4.78 is 14.7. The van der Waals surface area contributed by atoms with Crippen LogP contribution in [0, 0.1) is 18.7 Å². The smallest absolute Gasteiger partial charge is 0.404 e. The molecule has 1 aliphatic carbocycles. The highest BCUT2D eigenvalue weighted by Gasteiger charge is 2.29. The van der Waals surface area contributed by atoms with Gasteiger partial charge in [0.15, 0.2) is 0 Å². The second-order valence-corrected chi connectivity index (χ2v) is 6.06. The van der Waals surface area contributed by atoms with Gasteiger partial charge >= 0.3 is 6.09 Å². The Kier molecular flexibility index (Phi) is 4.65. The lowest BCUT2D eigenvalue weighted by Gasteiger charge is -2.12. The number of rotatable bonds is 5. The topological polar surface area (TPSA) is 91.3 Å². The van der Waals surface area contributed by atoms with Gasteiger partial charge in [-0.25, -0.2) is 14.2 Å². The fourth-order valence-corrected chi connectivity index (χ4v) is 2.55. The van der Waals surface area contributed by atoms with Gasteiger partial charge < -0.3 is 15.7 Å². The van der Waals surface area contributed by atoms with Crippen LogP contribution in [0.25, 0.3) is 11.1 Å². The number of benzene rings is 1. The van der Waals surface area contributed by atoms with Crippen molar-refractivity contribution < 1.29 is 19.1 Å². The molecule has 1 heterocycles. The fourth-order valence-electron chi connectivity index (χ4n) is 2.55. The van der Waals surface area contributed by atoms with Gasteiger partial charge in [0, 0.05) is 24.2 Å². The SMILES string of the molecule is Cc1c(CNC(=O)O)ccc(-c2ccnc(NC(=O)C3CC3)c2)c1F. The molecule has 2 amide bonds. The molecule has 6 nitrogen and oxygen atoms in total. The molecule has 3 N–H and O–H groups in total. The molecule has 1 saturated carbocycles. The van der Waals surface area contributed by atoms with Crippen molar-refractivity contribution in [1.82, 2.24) is 10.3 Å². The Morgan fingerprint density at radius 2 is 2.08 bits per heavy atom. The van der Waals surface area contributed by atoms with Crippen LogP contribution in [-0.4, -0.2) is 22.1 Å². The van der Waals surface area contributed by atoms with Gasteiger partial charge in [-0.3, -0.25) is 4.79 Å². The van der Waals surface area contributed by atoms with Crippen LogP contribution in [0.5, 0.6) is 0 Å². The zero-order chi connectivity index (χ0) is 18.0. The maximum atomic E-state index is 14.7. The van der Waals surface area contributed by atoms with Crippen LogP contribution in [0.1, 0.15) is 24.0 Å². The Morgan fingerprint density at radius 1 is 1.32 bits per heavy atom. The van der Waals surface area contributed by atoms with Gasteiger partial charge in [0.05, 0.1) is 0 Å². The number of carbonyl (C=O) groups is 2. The number of nitrogens with zero attached hydrogens (tertiary/aromatic N) is 1. The number of anilines is 1. The molecule has 1 aromatic heterocycles. The summed E-state index contributed by atoms with van der Waals surface area (Å²) in [6, 6.07) is 6.59. The molecule has 3 rings (SSSR count). The average molecular weight is 343 g/mol. The van der Waals surface area contributed by atoms with E-state index in [-0.39, 0.29) is 18.4 Å². The molecule has 1 aromatic carbocycles. The number of carboxylic acid groups (broad SMARTS) is 1. The standard InChI is InChI=1S/C18H18FN3O3/c1-10-13(9-21-18(24)25)4-5-14(16(10)19)12-6-7-20-15(8-12)22-17(23)11-2-3-11/h4-8,11,21H,2-3,9H2,1H3,(H,24,25)(H,20,22,23). The molecular weight excluding hydrogens is 325 g/mol. The maximum absolute atomic E-state index is 14.7. The summed E-state index contributed by atoms with van der Waals surface area (Å²) in [6.07, 6.45) is 2.15. The molecule has 25 heavy (non-hydrogen) atoms. The highest BCUT2D eigenvalue weighted by molar-refractivity contribution is 5.93. The van der Waals surface area contributed by atoms with Gasteiger partial charge in [-0.2, -0.15) is 0 Å². The molecular formula is C18H18FN3O3. The number of carbonyl (C=O) groups excluding carboxylic acids is 1. The third-order valence-corrected chi connectivity index (χ3v) is 4.20. The van der Waals surface area contributed by atoms with Crippen molar-refractivity contribution in [3.05, 3.63) is 47.4 Å². The van der Waals surface area contributed by atoms with Crippen LogP contribution in [0.15, 0.2) is 30.5 Å². The number of aromatic nitrogens is 1. The van der Waals surface area contributed by atoms with E-state index in [0.29, 0.717) is 28.1 Å². The molecule has 7 heteroatoms. The van der Waals surface area contributed by atoms with Gasteiger partial charge in [-0.1, -0.05) is 12.1 Å². The van der Waals surface area contributed by atoms with E-state index in [1.165, 1.54) is 6.20 Å². The van der Waals surface area contributed by atoms with E-state index in [1.807, 2.05) is 0 Å². The van der Waals surface area contributed by atoms with Crippen molar-refractivity contribution in [3.8, 4) is 11.1 Å². The summed E-state index contributed by atoms with van der Waals surface area (Å²) in [6.45, 7) is 1.64. The van der Waals surface area contributed by atoms with Crippen molar-refractivity contribution in [2.75, 3.05) is 5.32 Å². The van der Waals surface area contributed by atoms with Gasteiger partial charge in [-0.05, 0) is 48.6 Å². The van der Waals surface area contributed by atoms with Crippen molar-refractivity contribution in [2.24, 2.45) is 5.92 Å². The van der Waals surface area contributed by atoms with Crippen LogP contribution < -0.4 is 10.6 Å². The Labute approximate surface area is 144 Å². The van der Waals surface area contributed by atoms with Gasteiger partial charge in [-0.15, -0.1) is 0 Å². The van der Waals surface area contributed by atoms with E-state index < -0.39 is 11.9 Å². The van der Waals surface area contributed by atoms with Gasteiger partial charge in [0.25, 0.3) is 0 Å². The Balaban J connectivity index is 1.84. The summed E-state index contributed by atoms with van der Waals surface area (Å²) in [5, 5.41) is 13.6. The van der Waals surface area contributed by atoms with Crippen molar-refractivity contribution >= 4 is 17.8 Å². The summed E-state index contributed by atoms with van der Waals surface area (Å²) in [4.78, 5) is 26.5. The largest absolute Gasteiger partial charge is 0.465 e. The summed E-state index contributed by atoms with van der Waals surface area (Å²) in [5.41, 5.74) is 1.92. The quantitative estimate of drug-likeness (QED) is 0.777. The summed E-state index contributed by atoms with van der Waals surface area (Å²) in [5.74, 6) is -0.0275. The molecule has 1 fully saturated rings. The molecule has 0 atom stereocenters. The molecule has 0 saturated heterocycles. The molecule has 2 aromatic rings. The highest BCUT2D eigenvalue weighted by atomic mass is 19.1. The van der Waals surface area contributed by atoms with E-state index in [9.17, 15) is 14.0 Å². The van der Waals surface area contributed by atoms with Gasteiger partial charge in [0.2, 0.25) is 5.91 Å². The molecule has 0 spiro atoms. The molecule has 130 valence electrons. The number of halogens is 1. The van der Waals surface area contributed by atoms with E-state index in [1.54, 1.807) is 31.2 Å². The fraction of sp³-hybridized carbons (Fsp3) is 0.278. The monoisotopic (exact) mass is 343 g/mol. The Hall–Kier alpha value is -2.96. The minimum Gasteiger partial charge on any atom is -0.465 e. The molecule has 0 bridgehead atoms. The van der Waals surface area contributed by atoms with Crippen molar-refractivity contribution in [2.45, 2.75) is 26.3 Å². The number of hydrogen-bond acceptors (Lipinski definition) is 3. The first-order valence-corrected chi connectivity index (χ1v) is 7.97. The molecule has 0 aliphatic heterocycles. The van der Waals surface area contributed by atoms with Crippen LogP contribution in [0.3, 0.4) is 0 Å². The minimum atomic E-state index is -1.16. The summed E-state index contributed by atoms with van der Waals surface area (Å²) >= 11 is 0. The van der Waals surface area contributed by atoms with E-state index in [2.05, 4.69) is 15.6 Å². The lowest BCUT2D eigenvalue weighted by atomic mass is 9.99. The normalized spacial score (nSPS) is 13.4. The molecule has 0 unspecified atom stereocenters. The Morgan fingerprint density at radius 3 is 2.76 bits per heavy atom. The molecule has 0 radical (unpaired) electrons. The first-order valence-electron chi connectivity index (χ1n) is 7.97. The Bertz CT molecular complexity index is 834. The predicted molar refractivity (Wildman–Crippen MR) is 90.6 cm³/mol. The first-order chi connectivity index (χ1) is 12.0. The third kappa shape index (κ3) is 3.93. The second kappa shape index (κ2) is 6.88. The first kappa shape index (κ1) is 16.9.